The number of nitrogens with zero attached hydrogens (tertiary/aromatic N) is 2. The fourth-order valence-electron chi connectivity index (χ4n) is 3.41. The highest BCUT2D eigenvalue weighted by Crippen LogP contribution is 2.27. The number of rotatable bonds is 7. The van der Waals surface area contributed by atoms with Crippen molar-refractivity contribution in [3.05, 3.63) is 82.3 Å². The maximum Gasteiger partial charge on any atom is 0.261 e. The second-order valence-corrected chi connectivity index (χ2v) is 8.21. The van der Waals surface area contributed by atoms with E-state index >= 15 is 0 Å². The number of carbonyl (C=O) groups excluding carboxylic acids is 3. The number of hydrogen-bond donors (Lipinski definition) is 0. The van der Waals surface area contributed by atoms with Crippen molar-refractivity contribution < 1.29 is 23.5 Å². The van der Waals surface area contributed by atoms with E-state index in [4.69, 9.17) is 9.15 Å². The van der Waals surface area contributed by atoms with Gasteiger partial charge in [0.25, 0.3) is 11.8 Å². The third-order valence-corrected chi connectivity index (χ3v) is 5.64. The van der Waals surface area contributed by atoms with Gasteiger partial charge < -0.3 is 14.1 Å². The molecule has 31 heavy (non-hydrogen) atoms. The van der Waals surface area contributed by atoms with Crippen LogP contribution in [0.2, 0.25) is 0 Å². The summed E-state index contributed by atoms with van der Waals surface area (Å²) in [6.07, 6.45) is 1.40. The fourth-order valence-corrected chi connectivity index (χ4v) is 3.77. The first kappa shape index (κ1) is 21.1. The minimum absolute atomic E-state index is 0.0637. The number of anilines is 1. The van der Waals surface area contributed by atoms with E-state index < -0.39 is 17.9 Å². The quantitative estimate of drug-likeness (QED) is 0.345. The summed E-state index contributed by atoms with van der Waals surface area (Å²) in [4.78, 5) is 41.4. The Bertz CT molecular complexity index is 1070. The first-order valence-corrected chi connectivity index (χ1v) is 10.7. The average Bonchev–Trinajstić information content (AvgIpc) is 3.39. The lowest BCUT2D eigenvalue weighted by Gasteiger charge is -2.27. The van der Waals surface area contributed by atoms with Crippen LogP contribution in [0.4, 0.5) is 5.69 Å². The SMILES string of the molecule is O=C1CC(N(Cc2ccco2)C(=O)COc2ccccc2)C(=O)N1c1ccc(I)cc1. The van der Waals surface area contributed by atoms with E-state index in [0.717, 1.165) is 8.47 Å². The summed E-state index contributed by atoms with van der Waals surface area (Å²) in [5.74, 6) is -0.136. The van der Waals surface area contributed by atoms with E-state index in [-0.39, 0.29) is 25.5 Å². The standard InChI is InChI=1S/C23H19IN2O5/c24-16-8-10-17(11-9-16)26-21(27)13-20(23(26)29)25(14-19-7-4-12-30-19)22(28)15-31-18-5-2-1-3-6-18/h1-12,20H,13-15H2. The van der Waals surface area contributed by atoms with Gasteiger partial charge in [0.1, 0.15) is 17.6 Å². The summed E-state index contributed by atoms with van der Waals surface area (Å²) in [5, 5.41) is 0. The van der Waals surface area contributed by atoms with Crippen LogP contribution in [0.25, 0.3) is 0 Å². The molecule has 1 aromatic heterocycles. The number of carbonyl (C=O) groups is 3. The maximum absolute atomic E-state index is 13.2. The lowest BCUT2D eigenvalue weighted by molar-refractivity contribution is -0.141. The van der Waals surface area contributed by atoms with E-state index in [2.05, 4.69) is 22.6 Å². The van der Waals surface area contributed by atoms with Crippen LogP contribution in [0.15, 0.2) is 77.4 Å². The van der Waals surface area contributed by atoms with Crippen molar-refractivity contribution >= 4 is 46.0 Å². The van der Waals surface area contributed by atoms with E-state index in [1.165, 1.54) is 11.2 Å². The summed E-state index contributed by atoms with van der Waals surface area (Å²) >= 11 is 2.15. The molecule has 2 aromatic carbocycles. The van der Waals surface area contributed by atoms with Gasteiger partial charge >= 0.3 is 0 Å². The van der Waals surface area contributed by atoms with Crippen LogP contribution < -0.4 is 9.64 Å². The molecule has 1 fully saturated rings. The van der Waals surface area contributed by atoms with Crippen molar-refractivity contribution in [3.63, 3.8) is 0 Å². The van der Waals surface area contributed by atoms with Gasteiger partial charge in [0.15, 0.2) is 6.61 Å². The Balaban J connectivity index is 1.55. The predicted octanol–water partition coefficient (Wildman–Crippen LogP) is 3.62. The van der Waals surface area contributed by atoms with Crippen molar-refractivity contribution in [3.8, 4) is 5.75 Å². The number of imide groups is 1. The van der Waals surface area contributed by atoms with Crippen LogP contribution in [0.3, 0.4) is 0 Å². The molecule has 0 radical (unpaired) electrons. The fraction of sp³-hybridized carbons (Fsp3) is 0.174. The number of furan rings is 1. The lowest BCUT2D eigenvalue weighted by Crippen LogP contribution is -2.46. The van der Waals surface area contributed by atoms with Gasteiger partial charge in [0.05, 0.1) is 24.9 Å². The smallest absolute Gasteiger partial charge is 0.261 e. The second-order valence-electron chi connectivity index (χ2n) is 6.97. The summed E-state index contributed by atoms with van der Waals surface area (Å²) in [5.41, 5.74) is 0.490. The highest BCUT2D eigenvalue weighted by Gasteiger charge is 2.44. The Morgan fingerprint density at radius 1 is 1.06 bits per heavy atom. The normalized spacial score (nSPS) is 15.9. The third-order valence-electron chi connectivity index (χ3n) is 4.92. The van der Waals surface area contributed by atoms with Crippen molar-refractivity contribution in [2.75, 3.05) is 11.5 Å². The molecule has 8 heteroatoms. The second kappa shape index (κ2) is 9.34. The molecule has 0 bridgehead atoms. The number of hydrogen-bond acceptors (Lipinski definition) is 5. The van der Waals surface area contributed by atoms with E-state index in [9.17, 15) is 14.4 Å². The Morgan fingerprint density at radius 2 is 1.81 bits per heavy atom. The Morgan fingerprint density at radius 3 is 2.48 bits per heavy atom. The van der Waals surface area contributed by atoms with Crippen LogP contribution >= 0.6 is 22.6 Å². The molecule has 0 N–H and O–H groups in total. The van der Waals surface area contributed by atoms with Crippen LogP contribution in [-0.4, -0.2) is 35.3 Å². The summed E-state index contributed by atoms with van der Waals surface area (Å²) in [7, 11) is 0. The molecular weight excluding hydrogens is 511 g/mol. The number of para-hydroxylation sites is 1. The number of halogens is 1. The summed E-state index contributed by atoms with van der Waals surface area (Å²) in [6.45, 7) is -0.194. The zero-order valence-corrected chi connectivity index (χ0v) is 18.6. The summed E-state index contributed by atoms with van der Waals surface area (Å²) < 4.78 is 12.0. The monoisotopic (exact) mass is 530 g/mol. The molecule has 1 aliphatic heterocycles. The van der Waals surface area contributed by atoms with E-state index in [0.29, 0.717) is 17.2 Å². The molecule has 1 saturated heterocycles. The lowest BCUT2D eigenvalue weighted by atomic mass is 10.2. The van der Waals surface area contributed by atoms with Gasteiger partial charge in [-0.1, -0.05) is 18.2 Å². The molecule has 2 heterocycles. The average molecular weight is 530 g/mol. The predicted molar refractivity (Wildman–Crippen MR) is 121 cm³/mol. The Labute approximate surface area is 192 Å². The minimum atomic E-state index is -0.927. The van der Waals surface area contributed by atoms with Crippen molar-refractivity contribution in [1.82, 2.24) is 4.90 Å². The largest absolute Gasteiger partial charge is 0.484 e. The first-order valence-electron chi connectivity index (χ1n) is 9.65. The van der Waals surface area contributed by atoms with Gasteiger partial charge in [-0.25, -0.2) is 4.90 Å². The molecule has 0 saturated carbocycles. The highest BCUT2D eigenvalue weighted by molar-refractivity contribution is 14.1. The number of amides is 3. The van der Waals surface area contributed by atoms with Crippen LogP contribution in [0.1, 0.15) is 12.2 Å². The molecule has 1 aliphatic rings. The molecule has 3 aromatic rings. The van der Waals surface area contributed by atoms with Crippen LogP contribution in [0, 0.1) is 3.57 Å². The molecule has 1 unspecified atom stereocenters. The van der Waals surface area contributed by atoms with Crippen molar-refractivity contribution in [2.45, 2.75) is 19.0 Å². The van der Waals surface area contributed by atoms with Gasteiger partial charge in [0.2, 0.25) is 5.91 Å². The molecule has 158 valence electrons. The van der Waals surface area contributed by atoms with Gasteiger partial charge in [-0.3, -0.25) is 14.4 Å². The van der Waals surface area contributed by atoms with Crippen molar-refractivity contribution in [2.24, 2.45) is 0 Å². The topological polar surface area (TPSA) is 80.1 Å². The van der Waals surface area contributed by atoms with Crippen LogP contribution in [0.5, 0.6) is 5.75 Å². The van der Waals surface area contributed by atoms with E-state index in [1.54, 1.807) is 48.5 Å². The minimum Gasteiger partial charge on any atom is -0.484 e. The van der Waals surface area contributed by atoms with Gasteiger partial charge in [-0.15, -0.1) is 0 Å². The molecule has 7 nitrogen and oxygen atoms in total. The maximum atomic E-state index is 13.2. The zero-order chi connectivity index (χ0) is 21.8. The van der Waals surface area contributed by atoms with Gasteiger partial charge in [-0.2, -0.15) is 0 Å². The molecule has 0 spiro atoms. The van der Waals surface area contributed by atoms with Gasteiger partial charge in [0, 0.05) is 3.57 Å². The van der Waals surface area contributed by atoms with Gasteiger partial charge in [-0.05, 0) is 71.1 Å². The molecule has 3 amide bonds. The molecule has 4 rings (SSSR count). The highest BCUT2D eigenvalue weighted by atomic mass is 127. The molecule has 0 aliphatic carbocycles. The molecule has 1 atom stereocenters. The zero-order valence-electron chi connectivity index (χ0n) is 16.4. The Hall–Kier alpha value is -3.14. The Kier molecular flexibility index (Phi) is 6.36. The number of ether oxygens (including phenoxy) is 1. The van der Waals surface area contributed by atoms with Crippen molar-refractivity contribution in [1.29, 1.82) is 0 Å². The first-order chi connectivity index (χ1) is 15.0. The molecular formula is C23H19IN2O5. The van der Waals surface area contributed by atoms with E-state index in [1.807, 2.05) is 18.2 Å². The number of benzene rings is 2. The third kappa shape index (κ3) is 4.79. The van der Waals surface area contributed by atoms with Crippen LogP contribution in [-0.2, 0) is 20.9 Å². The summed E-state index contributed by atoms with van der Waals surface area (Å²) in [6, 6.07) is 18.5.